The van der Waals surface area contributed by atoms with E-state index in [-0.39, 0.29) is 18.6 Å². The molecule has 2 aliphatic rings. The van der Waals surface area contributed by atoms with Crippen LogP contribution in [0.5, 0.6) is 0 Å². The number of hydrogen-bond acceptors (Lipinski definition) is 4. The maximum absolute atomic E-state index is 12.4. The van der Waals surface area contributed by atoms with Crippen LogP contribution in [0.15, 0.2) is 35.4 Å². The van der Waals surface area contributed by atoms with Gasteiger partial charge in [0, 0.05) is 12.5 Å². The lowest BCUT2D eigenvalue weighted by atomic mass is 10.0. The molecule has 2 aliphatic heterocycles. The van der Waals surface area contributed by atoms with E-state index in [2.05, 4.69) is 10.0 Å². The molecule has 1 aromatic rings. The van der Waals surface area contributed by atoms with E-state index < -0.39 is 0 Å². The maximum Gasteiger partial charge on any atom is 0.256 e. The summed E-state index contributed by atoms with van der Waals surface area (Å²) < 4.78 is 0. The van der Waals surface area contributed by atoms with Crippen LogP contribution >= 0.6 is 0 Å². The fourth-order valence-electron chi connectivity index (χ4n) is 3.20. The molecule has 1 amide bonds. The highest BCUT2D eigenvalue weighted by Crippen LogP contribution is 2.18. The number of piperidine rings is 1. The minimum absolute atomic E-state index is 0.0336. The molecule has 5 nitrogen and oxygen atoms in total. The van der Waals surface area contributed by atoms with Crippen molar-refractivity contribution < 1.29 is 9.90 Å². The van der Waals surface area contributed by atoms with E-state index in [1.165, 1.54) is 0 Å². The predicted octanol–water partition coefficient (Wildman–Crippen LogP) is 1.47. The molecular weight excluding hydrogens is 278 g/mol. The van der Waals surface area contributed by atoms with Crippen molar-refractivity contribution in [2.45, 2.75) is 31.7 Å². The zero-order valence-corrected chi connectivity index (χ0v) is 12.8. The van der Waals surface area contributed by atoms with Crippen molar-refractivity contribution in [1.29, 1.82) is 0 Å². The van der Waals surface area contributed by atoms with E-state index in [1.54, 1.807) is 5.01 Å². The van der Waals surface area contributed by atoms with Gasteiger partial charge in [0.1, 0.15) is 0 Å². The highest BCUT2D eigenvalue weighted by molar-refractivity contribution is 6.02. The molecule has 0 radical (unpaired) electrons. The summed E-state index contributed by atoms with van der Waals surface area (Å²) in [4.78, 5) is 14.5. The first-order valence-electron chi connectivity index (χ1n) is 8.06. The monoisotopic (exact) mass is 301 g/mol. The zero-order valence-electron chi connectivity index (χ0n) is 12.8. The second-order valence-electron chi connectivity index (χ2n) is 5.98. The van der Waals surface area contributed by atoms with Gasteiger partial charge in [-0.2, -0.15) is 5.10 Å². The van der Waals surface area contributed by atoms with Gasteiger partial charge in [-0.15, -0.1) is 0 Å². The third-order valence-electron chi connectivity index (χ3n) is 4.49. The van der Waals surface area contributed by atoms with Crippen LogP contribution < -0.4 is 0 Å². The number of nitrogens with zero attached hydrogens (tertiary/aromatic N) is 3. The average Bonchev–Trinajstić information content (AvgIpc) is 3.06. The van der Waals surface area contributed by atoms with Crippen LogP contribution in [0.2, 0.25) is 0 Å². The first-order valence-corrected chi connectivity index (χ1v) is 8.06. The summed E-state index contributed by atoms with van der Waals surface area (Å²) >= 11 is 0. The second-order valence-corrected chi connectivity index (χ2v) is 5.98. The van der Waals surface area contributed by atoms with Gasteiger partial charge in [-0.1, -0.05) is 36.8 Å². The number of carbonyl (C=O) groups excluding carboxylic acids is 1. The fourth-order valence-corrected chi connectivity index (χ4v) is 3.20. The van der Waals surface area contributed by atoms with Crippen molar-refractivity contribution in [3.05, 3.63) is 35.9 Å². The molecule has 0 spiro atoms. The minimum atomic E-state index is 0.0336. The molecule has 1 unspecified atom stereocenters. The summed E-state index contributed by atoms with van der Waals surface area (Å²) in [6.07, 6.45) is 4.01. The van der Waals surface area contributed by atoms with Crippen LogP contribution in [0.1, 0.15) is 31.2 Å². The van der Waals surface area contributed by atoms with Crippen LogP contribution in [-0.4, -0.2) is 58.9 Å². The molecule has 0 saturated carbocycles. The number of carbonyl (C=O) groups is 1. The van der Waals surface area contributed by atoms with Gasteiger partial charge in [0.05, 0.1) is 25.4 Å². The molecular formula is C17H23N3O2. The fraction of sp³-hybridized carbons (Fsp3) is 0.529. The summed E-state index contributed by atoms with van der Waals surface area (Å²) in [6, 6.07) is 10.1. The molecule has 1 N–H and O–H groups in total. The number of rotatable bonds is 4. The van der Waals surface area contributed by atoms with Crippen molar-refractivity contribution in [3.63, 3.8) is 0 Å². The van der Waals surface area contributed by atoms with Crippen LogP contribution in [0, 0.1) is 0 Å². The number of likely N-dealkylation sites (tertiary alicyclic amines) is 1. The van der Waals surface area contributed by atoms with Crippen LogP contribution in [-0.2, 0) is 4.79 Å². The Morgan fingerprint density at radius 3 is 2.82 bits per heavy atom. The highest BCUT2D eigenvalue weighted by atomic mass is 16.3. The van der Waals surface area contributed by atoms with E-state index in [9.17, 15) is 9.90 Å². The van der Waals surface area contributed by atoms with Crippen molar-refractivity contribution in [1.82, 2.24) is 9.91 Å². The number of benzene rings is 1. The van der Waals surface area contributed by atoms with Crippen molar-refractivity contribution in [3.8, 4) is 0 Å². The Morgan fingerprint density at radius 1 is 1.23 bits per heavy atom. The van der Waals surface area contributed by atoms with Crippen LogP contribution in [0.4, 0.5) is 0 Å². The van der Waals surface area contributed by atoms with E-state index in [1.807, 2.05) is 30.3 Å². The minimum Gasteiger partial charge on any atom is -0.395 e. The van der Waals surface area contributed by atoms with Crippen LogP contribution in [0.3, 0.4) is 0 Å². The Kier molecular flexibility index (Phi) is 4.85. The molecule has 118 valence electrons. The van der Waals surface area contributed by atoms with Crippen molar-refractivity contribution in [2.24, 2.45) is 5.10 Å². The van der Waals surface area contributed by atoms with Gasteiger partial charge in [0.2, 0.25) is 0 Å². The largest absolute Gasteiger partial charge is 0.395 e. The third kappa shape index (κ3) is 3.36. The van der Waals surface area contributed by atoms with Gasteiger partial charge in [-0.05, 0) is 24.9 Å². The Labute approximate surface area is 131 Å². The maximum atomic E-state index is 12.4. The van der Waals surface area contributed by atoms with Gasteiger partial charge in [-0.25, -0.2) is 5.01 Å². The Bertz CT molecular complexity index is 544. The molecule has 5 heteroatoms. The quantitative estimate of drug-likeness (QED) is 0.916. The second kappa shape index (κ2) is 7.03. The van der Waals surface area contributed by atoms with Gasteiger partial charge in [0.25, 0.3) is 5.91 Å². The van der Waals surface area contributed by atoms with E-state index >= 15 is 0 Å². The SMILES string of the molecule is O=C(CN1CCCCC1CO)N1CCC(c2ccccc2)=N1. The molecule has 0 bridgehead atoms. The number of hydrazone groups is 1. The van der Waals surface area contributed by atoms with Crippen LogP contribution in [0.25, 0.3) is 0 Å². The summed E-state index contributed by atoms with van der Waals surface area (Å²) in [7, 11) is 0. The van der Waals surface area contributed by atoms with E-state index in [4.69, 9.17) is 0 Å². The van der Waals surface area contributed by atoms with Gasteiger partial charge >= 0.3 is 0 Å². The zero-order chi connectivity index (χ0) is 15.4. The lowest BCUT2D eigenvalue weighted by Crippen LogP contribution is -2.47. The standard InChI is InChI=1S/C17H23N3O2/c21-13-15-8-4-5-10-19(15)12-17(22)20-11-9-16(18-20)14-6-2-1-3-7-14/h1-3,6-7,15,21H,4-5,8-13H2. The Hall–Kier alpha value is -1.72. The molecule has 1 saturated heterocycles. The van der Waals surface area contributed by atoms with Gasteiger partial charge in [-0.3, -0.25) is 9.69 Å². The van der Waals surface area contributed by atoms with E-state index in [0.29, 0.717) is 13.1 Å². The first-order chi connectivity index (χ1) is 10.8. The number of aliphatic hydroxyl groups is 1. The number of aliphatic hydroxyl groups excluding tert-OH is 1. The summed E-state index contributed by atoms with van der Waals surface area (Å²) in [5.41, 5.74) is 2.07. The Balaban J connectivity index is 1.62. The lowest BCUT2D eigenvalue weighted by molar-refractivity contribution is -0.133. The molecule has 22 heavy (non-hydrogen) atoms. The molecule has 1 aromatic carbocycles. The molecule has 1 atom stereocenters. The van der Waals surface area contributed by atoms with Gasteiger partial charge in [0.15, 0.2) is 0 Å². The Morgan fingerprint density at radius 2 is 2.05 bits per heavy atom. The molecule has 1 fully saturated rings. The smallest absolute Gasteiger partial charge is 0.256 e. The van der Waals surface area contributed by atoms with Crippen molar-refractivity contribution >= 4 is 11.6 Å². The number of hydrogen-bond donors (Lipinski definition) is 1. The molecule has 0 aliphatic carbocycles. The molecule has 2 heterocycles. The summed E-state index contributed by atoms with van der Waals surface area (Å²) in [6.45, 7) is 2.03. The average molecular weight is 301 g/mol. The molecule has 0 aromatic heterocycles. The normalized spacial score (nSPS) is 22.7. The van der Waals surface area contributed by atoms with E-state index in [0.717, 1.165) is 43.5 Å². The lowest BCUT2D eigenvalue weighted by Gasteiger charge is -2.34. The van der Waals surface area contributed by atoms with Crippen molar-refractivity contribution in [2.75, 3.05) is 26.2 Å². The predicted molar refractivity (Wildman–Crippen MR) is 85.6 cm³/mol. The highest BCUT2D eigenvalue weighted by Gasteiger charge is 2.27. The summed E-state index contributed by atoms with van der Waals surface area (Å²) in [5.74, 6) is 0.0336. The topological polar surface area (TPSA) is 56.1 Å². The first kappa shape index (κ1) is 15.2. The van der Waals surface area contributed by atoms with Gasteiger partial charge < -0.3 is 5.11 Å². The summed E-state index contributed by atoms with van der Waals surface area (Å²) in [5, 5.41) is 15.5. The number of amides is 1. The molecule has 3 rings (SSSR count). The third-order valence-corrected chi connectivity index (χ3v) is 4.49.